The molecule has 34 heavy (non-hydrogen) atoms. The van der Waals surface area contributed by atoms with Crippen LogP contribution in [0.4, 0.5) is 0 Å². The van der Waals surface area contributed by atoms with Crippen LogP contribution in [0, 0.1) is 12.8 Å². The third kappa shape index (κ3) is 5.81. The molecule has 0 aliphatic carbocycles. The summed E-state index contributed by atoms with van der Waals surface area (Å²) in [5.74, 6) is 0.146. The lowest BCUT2D eigenvalue weighted by Gasteiger charge is -2.31. The fraction of sp³-hybridized carbons (Fsp3) is 0.333. The van der Waals surface area contributed by atoms with Crippen molar-refractivity contribution >= 4 is 39.1 Å². The zero-order chi connectivity index (χ0) is 24.3. The summed E-state index contributed by atoms with van der Waals surface area (Å²) in [4.78, 5) is 17.0. The first kappa shape index (κ1) is 24.7. The number of aromatic nitrogens is 2. The maximum atomic E-state index is 13.0. The second-order valence-corrected chi connectivity index (χ2v) is 11.2. The Morgan fingerprint density at radius 2 is 1.94 bits per heavy atom. The van der Waals surface area contributed by atoms with Gasteiger partial charge in [-0.05, 0) is 55.2 Å². The van der Waals surface area contributed by atoms with Crippen molar-refractivity contribution in [1.29, 1.82) is 0 Å². The van der Waals surface area contributed by atoms with Gasteiger partial charge in [-0.2, -0.15) is 0 Å². The summed E-state index contributed by atoms with van der Waals surface area (Å²) in [5, 5.41) is 3.72. The van der Waals surface area contributed by atoms with Crippen LogP contribution in [-0.4, -0.2) is 41.3 Å². The molecule has 2 aromatic carbocycles. The Labute approximate surface area is 209 Å². The van der Waals surface area contributed by atoms with Gasteiger partial charge in [0.1, 0.15) is 5.82 Å². The van der Waals surface area contributed by atoms with Crippen LogP contribution in [0.25, 0.3) is 5.69 Å². The highest BCUT2D eigenvalue weighted by Gasteiger charge is 2.32. The maximum Gasteiger partial charge on any atom is 0.224 e. The number of rotatable bonds is 7. The van der Waals surface area contributed by atoms with Gasteiger partial charge in [0.25, 0.3) is 0 Å². The maximum absolute atomic E-state index is 13.0. The van der Waals surface area contributed by atoms with E-state index in [-0.39, 0.29) is 18.2 Å². The average Bonchev–Trinajstić information content (AvgIpc) is 3.25. The summed E-state index contributed by atoms with van der Waals surface area (Å²) in [6.45, 7) is 2.88. The zero-order valence-corrected chi connectivity index (χ0v) is 21.1. The molecule has 10 heteroatoms. The largest absolute Gasteiger partial charge is 0.352 e. The Kier molecular flexibility index (Phi) is 7.62. The van der Waals surface area contributed by atoms with Crippen molar-refractivity contribution in [2.45, 2.75) is 32.1 Å². The number of halogens is 2. The van der Waals surface area contributed by atoms with Gasteiger partial charge < -0.3 is 9.88 Å². The van der Waals surface area contributed by atoms with Crippen molar-refractivity contribution in [2.24, 2.45) is 5.92 Å². The third-order valence-electron chi connectivity index (χ3n) is 6.01. The smallest absolute Gasteiger partial charge is 0.224 e. The van der Waals surface area contributed by atoms with Gasteiger partial charge in [-0.15, -0.1) is 0 Å². The van der Waals surface area contributed by atoms with Crippen molar-refractivity contribution in [3.8, 4) is 5.69 Å². The SMILES string of the molecule is Cc1nccn1-c1ccc(CNC(=O)C2CCCN(S(=O)(=O)Cc3ccc(Cl)cc3Cl)C2)cc1. The molecular formula is C24H26Cl2N4O3S. The van der Waals surface area contributed by atoms with Crippen molar-refractivity contribution in [3.05, 3.63) is 81.9 Å². The minimum atomic E-state index is -3.62. The number of amides is 1. The number of sulfonamides is 1. The summed E-state index contributed by atoms with van der Waals surface area (Å²) in [5.41, 5.74) is 2.46. The lowest BCUT2D eigenvalue weighted by Crippen LogP contribution is -2.45. The van der Waals surface area contributed by atoms with Crippen LogP contribution in [0.2, 0.25) is 10.0 Å². The number of benzene rings is 2. The molecule has 1 N–H and O–H groups in total. The van der Waals surface area contributed by atoms with E-state index in [1.807, 2.05) is 42.0 Å². The number of carbonyl (C=O) groups is 1. The van der Waals surface area contributed by atoms with Gasteiger partial charge >= 0.3 is 0 Å². The Bertz CT molecular complexity index is 1280. The summed E-state index contributed by atoms with van der Waals surface area (Å²) >= 11 is 12.1. The molecule has 3 aromatic rings. The van der Waals surface area contributed by atoms with E-state index >= 15 is 0 Å². The Morgan fingerprint density at radius 1 is 1.18 bits per heavy atom. The molecule has 1 atom stereocenters. The van der Waals surface area contributed by atoms with Gasteiger partial charge in [0, 0.05) is 47.8 Å². The van der Waals surface area contributed by atoms with Gasteiger partial charge in [-0.1, -0.05) is 41.4 Å². The number of carbonyl (C=O) groups excluding carboxylic acids is 1. The predicted octanol–water partition coefficient (Wildman–Crippen LogP) is 4.35. The van der Waals surface area contributed by atoms with E-state index in [0.29, 0.717) is 41.5 Å². The van der Waals surface area contributed by atoms with Crippen molar-refractivity contribution in [1.82, 2.24) is 19.2 Å². The molecule has 7 nitrogen and oxygen atoms in total. The quantitative estimate of drug-likeness (QED) is 0.501. The molecule has 4 rings (SSSR count). The normalized spacial score (nSPS) is 17.0. The van der Waals surface area contributed by atoms with Crippen LogP contribution in [0.3, 0.4) is 0 Å². The molecule has 1 saturated heterocycles. The Balaban J connectivity index is 1.34. The van der Waals surface area contributed by atoms with E-state index in [1.165, 1.54) is 10.4 Å². The molecule has 1 amide bonds. The second-order valence-electron chi connectivity index (χ2n) is 8.42. The summed E-state index contributed by atoms with van der Waals surface area (Å²) in [6.07, 6.45) is 4.93. The van der Waals surface area contributed by atoms with Crippen molar-refractivity contribution in [2.75, 3.05) is 13.1 Å². The summed E-state index contributed by atoms with van der Waals surface area (Å²) in [6, 6.07) is 12.7. The standard InChI is InChI=1S/C24H26Cl2N4O3S/c1-17-27-10-12-30(17)22-8-4-18(5-9-22)14-28-24(31)19-3-2-11-29(15-19)34(32,33)16-20-6-7-21(25)13-23(20)26/h4-10,12-13,19H,2-3,11,14-16H2,1H3,(H,28,31). The van der Waals surface area contributed by atoms with Crippen LogP contribution in [0.15, 0.2) is 54.9 Å². The fourth-order valence-electron chi connectivity index (χ4n) is 4.09. The van der Waals surface area contributed by atoms with Crippen molar-refractivity contribution in [3.63, 3.8) is 0 Å². The molecular weight excluding hydrogens is 495 g/mol. The number of hydrogen-bond acceptors (Lipinski definition) is 4. The molecule has 1 aliphatic rings. The minimum Gasteiger partial charge on any atom is -0.352 e. The van der Waals surface area contributed by atoms with Gasteiger partial charge in [0.15, 0.2) is 0 Å². The van der Waals surface area contributed by atoms with Gasteiger partial charge in [-0.3, -0.25) is 4.79 Å². The number of hydrogen-bond donors (Lipinski definition) is 1. The topological polar surface area (TPSA) is 84.3 Å². The first-order chi connectivity index (χ1) is 16.2. The molecule has 2 heterocycles. The van der Waals surface area contributed by atoms with E-state index in [0.717, 1.165) is 17.1 Å². The fourth-order valence-corrected chi connectivity index (χ4v) is 6.29. The summed E-state index contributed by atoms with van der Waals surface area (Å²) < 4.78 is 29.4. The van der Waals surface area contributed by atoms with Crippen LogP contribution in [-0.2, 0) is 27.1 Å². The molecule has 1 aliphatic heterocycles. The van der Waals surface area contributed by atoms with Gasteiger partial charge in [-0.25, -0.2) is 17.7 Å². The van der Waals surface area contributed by atoms with E-state index in [2.05, 4.69) is 10.3 Å². The molecule has 1 aromatic heterocycles. The van der Waals surface area contributed by atoms with Crippen LogP contribution < -0.4 is 5.32 Å². The van der Waals surface area contributed by atoms with Crippen molar-refractivity contribution < 1.29 is 13.2 Å². The lowest BCUT2D eigenvalue weighted by molar-refractivity contribution is -0.126. The molecule has 1 unspecified atom stereocenters. The second kappa shape index (κ2) is 10.5. The molecule has 0 radical (unpaired) electrons. The van der Waals surface area contributed by atoms with E-state index in [1.54, 1.807) is 18.3 Å². The molecule has 180 valence electrons. The molecule has 1 fully saturated rings. The number of imidazole rings is 1. The van der Waals surface area contributed by atoms with Gasteiger partial charge in [0.05, 0.1) is 11.7 Å². The highest BCUT2D eigenvalue weighted by molar-refractivity contribution is 7.88. The Morgan fingerprint density at radius 3 is 2.62 bits per heavy atom. The third-order valence-corrected chi connectivity index (χ3v) is 8.39. The monoisotopic (exact) mass is 520 g/mol. The van der Waals surface area contributed by atoms with E-state index in [4.69, 9.17) is 23.2 Å². The molecule has 0 spiro atoms. The van der Waals surface area contributed by atoms with Crippen LogP contribution in [0.1, 0.15) is 29.8 Å². The minimum absolute atomic E-state index is 0.140. The zero-order valence-electron chi connectivity index (χ0n) is 18.7. The highest BCUT2D eigenvalue weighted by Crippen LogP contribution is 2.26. The molecule has 0 bridgehead atoms. The predicted molar refractivity (Wildman–Crippen MR) is 134 cm³/mol. The first-order valence-electron chi connectivity index (χ1n) is 11.0. The van der Waals surface area contributed by atoms with Gasteiger partial charge in [0.2, 0.25) is 15.9 Å². The lowest BCUT2D eigenvalue weighted by atomic mass is 9.99. The average molecular weight is 521 g/mol. The Hall–Kier alpha value is -2.39. The van der Waals surface area contributed by atoms with E-state index in [9.17, 15) is 13.2 Å². The number of piperidine rings is 1. The van der Waals surface area contributed by atoms with E-state index < -0.39 is 15.9 Å². The highest BCUT2D eigenvalue weighted by atomic mass is 35.5. The number of nitrogens with zero attached hydrogens (tertiary/aromatic N) is 3. The number of aryl methyl sites for hydroxylation is 1. The molecule has 0 saturated carbocycles. The number of nitrogens with one attached hydrogen (secondary N) is 1. The first-order valence-corrected chi connectivity index (χ1v) is 13.4. The summed E-state index contributed by atoms with van der Waals surface area (Å²) in [7, 11) is -3.62. The van der Waals surface area contributed by atoms with Crippen LogP contribution >= 0.6 is 23.2 Å². The van der Waals surface area contributed by atoms with Crippen LogP contribution in [0.5, 0.6) is 0 Å².